The van der Waals surface area contributed by atoms with Gasteiger partial charge in [0, 0.05) is 30.1 Å². The molecule has 1 aromatic heterocycles. The number of aromatic nitrogens is 1. The van der Waals surface area contributed by atoms with Crippen LogP contribution in [0.3, 0.4) is 0 Å². The number of hydrogen-bond donors (Lipinski definition) is 1. The molecule has 0 saturated carbocycles. The molecule has 0 bridgehead atoms. The van der Waals surface area contributed by atoms with Crippen molar-refractivity contribution in [2.24, 2.45) is 5.73 Å². The molecule has 18 heavy (non-hydrogen) atoms. The monoisotopic (exact) mass is 286 g/mol. The van der Waals surface area contributed by atoms with Crippen LogP contribution in [-0.4, -0.2) is 12.1 Å². The summed E-state index contributed by atoms with van der Waals surface area (Å²) in [6, 6.07) is 9.90. The van der Waals surface area contributed by atoms with Gasteiger partial charge in [0.2, 0.25) is 0 Å². The summed E-state index contributed by atoms with van der Waals surface area (Å²) < 4.78 is 5.31. The summed E-state index contributed by atoms with van der Waals surface area (Å²) >= 11 is 0. The number of para-hydroxylation sites is 1. The molecule has 2 aromatic rings. The zero-order chi connectivity index (χ0) is 11.4. The van der Waals surface area contributed by atoms with Crippen LogP contribution in [0.4, 0.5) is 0 Å². The minimum absolute atomic E-state index is 0. The molecule has 0 spiro atoms. The van der Waals surface area contributed by atoms with Crippen molar-refractivity contribution in [2.75, 3.05) is 7.11 Å². The van der Waals surface area contributed by atoms with Crippen LogP contribution >= 0.6 is 24.8 Å². The van der Waals surface area contributed by atoms with E-state index in [-0.39, 0.29) is 24.8 Å². The second-order valence-corrected chi connectivity index (χ2v) is 3.49. The van der Waals surface area contributed by atoms with Gasteiger partial charge >= 0.3 is 0 Å². The summed E-state index contributed by atoms with van der Waals surface area (Å²) in [7, 11) is 1.67. The van der Waals surface area contributed by atoms with Crippen LogP contribution in [0.25, 0.3) is 11.1 Å². The van der Waals surface area contributed by atoms with E-state index in [2.05, 4.69) is 4.98 Å². The Morgan fingerprint density at radius 3 is 2.56 bits per heavy atom. The summed E-state index contributed by atoms with van der Waals surface area (Å²) in [6.07, 6.45) is 3.59. The van der Waals surface area contributed by atoms with Gasteiger partial charge in [-0.3, -0.25) is 4.98 Å². The molecule has 1 aromatic carbocycles. The number of pyridine rings is 1. The molecule has 1 heterocycles. The van der Waals surface area contributed by atoms with Crippen molar-refractivity contribution in [1.29, 1.82) is 0 Å². The average Bonchev–Trinajstić information content (AvgIpc) is 2.38. The Morgan fingerprint density at radius 2 is 1.89 bits per heavy atom. The Kier molecular flexibility index (Phi) is 7.36. The smallest absolute Gasteiger partial charge is 0.126 e. The third kappa shape index (κ3) is 3.60. The summed E-state index contributed by atoms with van der Waals surface area (Å²) in [5.41, 5.74) is 8.68. The number of hydrogen-bond acceptors (Lipinski definition) is 3. The molecule has 0 aliphatic carbocycles. The zero-order valence-corrected chi connectivity index (χ0v) is 11.6. The minimum atomic E-state index is 0. The molecule has 0 unspecified atom stereocenters. The molecular weight excluding hydrogens is 271 g/mol. The molecule has 5 heteroatoms. The van der Waals surface area contributed by atoms with E-state index in [0.29, 0.717) is 6.54 Å². The van der Waals surface area contributed by atoms with Crippen LogP contribution in [0.1, 0.15) is 5.56 Å². The predicted octanol–water partition coefficient (Wildman–Crippen LogP) is 3.06. The van der Waals surface area contributed by atoms with Crippen molar-refractivity contribution >= 4 is 24.8 Å². The van der Waals surface area contributed by atoms with Gasteiger partial charge in [-0.25, -0.2) is 0 Å². The molecule has 0 aliphatic heterocycles. The summed E-state index contributed by atoms with van der Waals surface area (Å²) in [6.45, 7) is 0.496. The maximum atomic E-state index is 5.60. The van der Waals surface area contributed by atoms with Gasteiger partial charge < -0.3 is 10.5 Å². The molecule has 3 nitrogen and oxygen atoms in total. The molecule has 0 saturated heterocycles. The Morgan fingerprint density at radius 1 is 1.17 bits per heavy atom. The predicted molar refractivity (Wildman–Crippen MR) is 78.6 cm³/mol. The zero-order valence-electron chi connectivity index (χ0n) is 10.00. The topological polar surface area (TPSA) is 48.1 Å². The van der Waals surface area contributed by atoms with E-state index in [1.807, 2.05) is 36.5 Å². The highest BCUT2D eigenvalue weighted by molar-refractivity contribution is 5.85. The van der Waals surface area contributed by atoms with E-state index in [4.69, 9.17) is 10.5 Å². The highest BCUT2D eigenvalue weighted by atomic mass is 35.5. The molecule has 0 aliphatic rings. The van der Waals surface area contributed by atoms with E-state index in [0.717, 1.165) is 22.4 Å². The highest BCUT2D eigenvalue weighted by Gasteiger charge is 2.05. The number of methoxy groups -OCH3 is 1. The Bertz CT molecular complexity index is 492. The lowest BCUT2D eigenvalue weighted by Gasteiger charge is -2.08. The normalized spacial score (nSPS) is 9.00. The molecule has 98 valence electrons. The van der Waals surface area contributed by atoms with Gasteiger partial charge in [0.25, 0.3) is 0 Å². The molecular formula is C13H16Cl2N2O. The van der Waals surface area contributed by atoms with Gasteiger partial charge in [0.15, 0.2) is 0 Å². The summed E-state index contributed by atoms with van der Waals surface area (Å²) in [4.78, 5) is 4.17. The number of rotatable bonds is 3. The van der Waals surface area contributed by atoms with Crippen LogP contribution in [0, 0.1) is 0 Å². The largest absolute Gasteiger partial charge is 0.496 e. The number of ether oxygens (including phenoxy) is 1. The van der Waals surface area contributed by atoms with Crippen molar-refractivity contribution in [3.8, 4) is 16.9 Å². The molecule has 0 fully saturated rings. The van der Waals surface area contributed by atoms with Gasteiger partial charge in [0.1, 0.15) is 5.75 Å². The molecule has 2 rings (SSSR count). The van der Waals surface area contributed by atoms with E-state index in [9.17, 15) is 0 Å². The lowest BCUT2D eigenvalue weighted by molar-refractivity contribution is 0.416. The van der Waals surface area contributed by atoms with Gasteiger partial charge in [0.05, 0.1) is 7.11 Å². The molecule has 0 radical (unpaired) electrons. The fourth-order valence-corrected chi connectivity index (χ4v) is 1.63. The standard InChI is InChI=1S/C13H14N2O.2ClH/c1-16-13-5-3-2-4-12(13)11-6-10(7-14)8-15-9-11;;/h2-6,8-9H,7,14H2,1H3;2*1H. The second-order valence-electron chi connectivity index (χ2n) is 3.49. The first-order chi connectivity index (χ1) is 7.85. The lowest BCUT2D eigenvalue weighted by atomic mass is 10.1. The van der Waals surface area contributed by atoms with Crippen LogP contribution < -0.4 is 10.5 Å². The first-order valence-electron chi connectivity index (χ1n) is 5.12. The first kappa shape index (κ1) is 16.7. The van der Waals surface area contributed by atoms with Gasteiger partial charge in [-0.15, -0.1) is 24.8 Å². The van der Waals surface area contributed by atoms with E-state index in [1.165, 1.54) is 0 Å². The first-order valence-corrected chi connectivity index (χ1v) is 5.12. The van der Waals surface area contributed by atoms with Crippen molar-refractivity contribution in [3.05, 3.63) is 48.3 Å². The Labute approximate surface area is 119 Å². The highest BCUT2D eigenvalue weighted by Crippen LogP contribution is 2.29. The van der Waals surface area contributed by atoms with Gasteiger partial charge in [-0.05, 0) is 17.7 Å². The third-order valence-corrected chi connectivity index (χ3v) is 2.45. The maximum Gasteiger partial charge on any atom is 0.126 e. The second kappa shape index (κ2) is 7.93. The maximum absolute atomic E-state index is 5.60. The lowest BCUT2D eigenvalue weighted by Crippen LogP contribution is -1.97. The van der Waals surface area contributed by atoms with Crippen molar-refractivity contribution in [2.45, 2.75) is 6.54 Å². The molecule has 0 amide bonds. The van der Waals surface area contributed by atoms with Crippen LogP contribution in [0.15, 0.2) is 42.7 Å². The summed E-state index contributed by atoms with van der Waals surface area (Å²) in [5, 5.41) is 0. The van der Waals surface area contributed by atoms with Gasteiger partial charge in [-0.2, -0.15) is 0 Å². The van der Waals surface area contributed by atoms with Gasteiger partial charge in [-0.1, -0.05) is 18.2 Å². The van der Waals surface area contributed by atoms with E-state index < -0.39 is 0 Å². The van der Waals surface area contributed by atoms with Crippen molar-refractivity contribution < 1.29 is 4.74 Å². The number of benzene rings is 1. The number of halogens is 2. The fraction of sp³-hybridized carbons (Fsp3) is 0.154. The number of nitrogens with zero attached hydrogens (tertiary/aromatic N) is 1. The fourth-order valence-electron chi connectivity index (χ4n) is 1.63. The van der Waals surface area contributed by atoms with Crippen LogP contribution in [0.2, 0.25) is 0 Å². The van der Waals surface area contributed by atoms with Crippen LogP contribution in [-0.2, 0) is 6.54 Å². The molecule has 0 atom stereocenters. The number of nitrogens with two attached hydrogens (primary N) is 1. The molecule has 2 N–H and O–H groups in total. The average molecular weight is 287 g/mol. The summed E-state index contributed by atoms with van der Waals surface area (Å²) in [5.74, 6) is 0.846. The quantitative estimate of drug-likeness (QED) is 0.943. The van der Waals surface area contributed by atoms with E-state index >= 15 is 0 Å². The van der Waals surface area contributed by atoms with Crippen molar-refractivity contribution in [1.82, 2.24) is 4.98 Å². The Hall–Kier alpha value is -1.29. The minimum Gasteiger partial charge on any atom is -0.496 e. The van der Waals surface area contributed by atoms with E-state index in [1.54, 1.807) is 13.3 Å². The Balaban J connectivity index is 0.00000144. The van der Waals surface area contributed by atoms with Crippen molar-refractivity contribution in [3.63, 3.8) is 0 Å². The SMILES string of the molecule is COc1ccccc1-c1cncc(CN)c1.Cl.Cl. The third-order valence-electron chi connectivity index (χ3n) is 2.45. The van der Waals surface area contributed by atoms with Crippen LogP contribution in [0.5, 0.6) is 5.75 Å².